The van der Waals surface area contributed by atoms with Crippen molar-refractivity contribution in [2.24, 2.45) is 0 Å². The van der Waals surface area contributed by atoms with Gasteiger partial charge in [-0.2, -0.15) is 0 Å². The predicted octanol–water partition coefficient (Wildman–Crippen LogP) is 19.4. The molecule has 0 aliphatic carbocycles. The molecule has 4 aromatic heterocycles. The average molecular weight is 947 g/mol. The fourth-order valence-corrected chi connectivity index (χ4v) is 12.6. The highest BCUT2D eigenvalue weighted by atomic mass is 15.2. The number of rotatable bonds is 10. The summed E-state index contributed by atoms with van der Waals surface area (Å²) in [5.74, 6) is 0. The van der Waals surface area contributed by atoms with Gasteiger partial charge in [-0.1, -0.05) is 184 Å². The molecule has 15 rings (SSSR count). The lowest BCUT2D eigenvalue weighted by atomic mass is 9.98. The fraction of sp³-hybridized carbons (Fsp3) is 0.0571. The maximum absolute atomic E-state index is 2.55. The van der Waals surface area contributed by atoms with Crippen molar-refractivity contribution in [1.82, 2.24) is 8.80 Å². The van der Waals surface area contributed by atoms with Crippen LogP contribution in [0.5, 0.6) is 0 Å². The van der Waals surface area contributed by atoms with Crippen molar-refractivity contribution in [3.8, 4) is 22.3 Å². The van der Waals surface area contributed by atoms with Crippen LogP contribution in [0.2, 0.25) is 0 Å². The number of fused-ring (bicyclic) bond motifs is 12. The Morgan fingerprint density at radius 3 is 1.15 bits per heavy atom. The molecule has 0 saturated heterocycles. The molecule has 0 spiro atoms. The van der Waals surface area contributed by atoms with Crippen molar-refractivity contribution in [2.75, 3.05) is 9.80 Å². The minimum Gasteiger partial charge on any atom is -0.309 e. The Kier molecular flexibility index (Phi) is 9.49. The topological polar surface area (TPSA) is 15.3 Å². The lowest BCUT2D eigenvalue weighted by molar-refractivity contribution is 1.14. The van der Waals surface area contributed by atoms with E-state index in [1.165, 1.54) is 110 Å². The zero-order valence-electron chi connectivity index (χ0n) is 41.3. The summed E-state index contributed by atoms with van der Waals surface area (Å²) in [7, 11) is 0. The van der Waals surface area contributed by atoms with E-state index in [0.717, 1.165) is 47.0 Å². The van der Waals surface area contributed by atoms with E-state index >= 15 is 0 Å². The first kappa shape index (κ1) is 42.3. The largest absolute Gasteiger partial charge is 0.309 e. The second-order valence-corrected chi connectivity index (χ2v) is 19.8. The molecule has 4 heteroatoms. The Hall–Kier alpha value is -9.38. The van der Waals surface area contributed by atoms with Crippen LogP contribution in [0.1, 0.15) is 25.0 Å². The van der Waals surface area contributed by atoms with E-state index in [4.69, 9.17) is 0 Å². The van der Waals surface area contributed by atoms with E-state index in [9.17, 15) is 0 Å². The Bertz CT molecular complexity index is 4340. The lowest BCUT2D eigenvalue weighted by Crippen LogP contribution is -2.11. The van der Waals surface area contributed by atoms with Gasteiger partial charge in [0.1, 0.15) is 0 Å². The Labute approximate surface area is 429 Å². The van der Waals surface area contributed by atoms with Crippen molar-refractivity contribution < 1.29 is 0 Å². The van der Waals surface area contributed by atoms with Gasteiger partial charge in [0.15, 0.2) is 0 Å². The minimum atomic E-state index is 0.985. The number of nitrogens with zero attached hydrogens (tertiary/aromatic N) is 4. The monoisotopic (exact) mass is 946 g/mol. The van der Waals surface area contributed by atoms with Crippen molar-refractivity contribution in [1.29, 1.82) is 0 Å². The van der Waals surface area contributed by atoms with E-state index < -0.39 is 0 Å². The molecule has 0 radical (unpaired) electrons. The Balaban J connectivity index is 0.998. The number of benzene rings is 11. The molecule has 0 amide bonds. The molecule has 350 valence electrons. The summed E-state index contributed by atoms with van der Waals surface area (Å²) < 4.78 is 5.11. The molecule has 0 aliphatic heterocycles. The standard InChI is InChI=1S/C70H50N4/c1-3-45-21-19-23-47(41-45)51-29-11-15-33-59(51)71(49-25-7-5-8-26-49)63-39-37-53-57-43-66-58(44-65(57)73-61-35-17-13-31-55(61)67(63)69(53)73)54-38-40-64(68-56-32-14-18-36-62(56)74(66)70(54)68)72(50-27-9-6-10-28-50)60-34-16-12-30-52(60)48-24-20-22-46(4-2)42-48/h5-44H,3-4H2,1-2H3. The maximum atomic E-state index is 2.55. The van der Waals surface area contributed by atoms with E-state index in [0.29, 0.717) is 0 Å². The van der Waals surface area contributed by atoms with Gasteiger partial charge >= 0.3 is 0 Å². The smallest absolute Gasteiger partial charge is 0.0641 e. The molecule has 0 unspecified atom stereocenters. The molecular weight excluding hydrogens is 897 g/mol. The SMILES string of the molecule is CCc1cccc(-c2ccccc2N(c2ccccc2)c2ccc3c4cc5c(cc4n4c6ccccc6c2c34)c2ccc(N(c3ccccc3)c3ccccc3-c3cccc(CC)c3)c3c4ccccc4n5c23)c1. The molecule has 4 nitrogen and oxygen atoms in total. The second kappa shape index (κ2) is 16.6. The summed E-state index contributed by atoms with van der Waals surface area (Å²) in [6.45, 7) is 4.46. The van der Waals surface area contributed by atoms with Gasteiger partial charge in [-0.15, -0.1) is 0 Å². The number of aromatic nitrogens is 2. The molecule has 0 saturated carbocycles. The summed E-state index contributed by atoms with van der Waals surface area (Å²) in [6, 6.07) is 90.2. The third kappa shape index (κ3) is 6.15. The second-order valence-electron chi connectivity index (χ2n) is 19.8. The zero-order valence-corrected chi connectivity index (χ0v) is 41.3. The van der Waals surface area contributed by atoms with Crippen molar-refractivity contribution >= 4 is 110 Å². The van der Waals surface area contributed by atoms with Gasteiger partial charge in [0, 0.05) is 65.6 Å². The first-order valence-corrected chi connectivity index (χ1v) is 26.1. The van der Waals surface area contributed by atoms with Gasteiger partial charge < -0.3 is 18.6 Å². The van der Waals surface area contributed by atoms with Crippen LogP contribution in [0, 0.1) is 0 Å². The van der Waals surface area contributed by atoms with E-state index in [1.54, 1.807) is 0 Å². The molecule has 0 N–H and O–H groups in total. The number of para-hydroxylation sites is 6. The molecule has 74 heavy (non-hydrogen) atoms. The lowest BCUT2D eigenvalue weighted by Gasteiger charge is -2.29. The minimum absolute atomic E-state index is 0.985. The molecule has 0 atom stereocenters. The third-order valence-electron chi connectivity index (χ3n) is 15.9. The molecule has 0 fully saturated rings. The highest BCUT2D eigenvalue weighted by Crippen LogP contribution is 2.52. The van der Waals surface area contributed by atoms with Gasteiger partial charge in [-0.25, -0.2) is 0 Å². The third-order valence-corrected chi connectivity index (χ3v) is 15.9. The Morgan fingerprint density at radius 2 is 0.703 bits per heavy atom. The van der Waals surface area contributed by atoms with Crippen LogP contribution in [0.3, 0.4) is 0 Å². The highest BCUT2D eigenvalue weighted by Gasteiger charge is 2.29. The van der Waals surface area contributed by atoms with E-state index in [-0.39, 0.29) is 0 Å². The van der Waals surface area contributed by atoms with Crippen molar-refractivity contribution in [2.45, 2.75) is 26.7 Å². The number of hydrogen-bond donors (Lipinski definition) is 0. The summed E-state index contributed by atoms with van der Waals surface area (Å²) in [4.78, 5) is 4.98. The van der Waals surface area contributed by atoms with Crippen LogP contribution in [0.4, 0.5) is 34.1 Å². The number of aryl methyl sites for hydroxylation is 2. The molecule has 0 aliphatic rings. The van der Waals surface area contributed by atoms with Crippen LogP contribution in [0.25, 0.3) is 98.4 Å². The van der Waals surface area contributed by atoms with Gasteiger partial charge in [-0.05, 0) is 108 Å². The molecule has 0 bridgehead atoms. The van der Waals surface area contributed by atoms with Crippen LogP contribution in [-0.2, 0) is 12.8 Å². The van der Waals surface area contributed by atoms with E-state index in [2.05, 4.69) is 275 Å². The molecule has 11 aromatic carbocycles. The summed E-state index contributed by atoms with van der Waals surface area (Å²) in [5, 5.41) is 9.96. The summed E-state index contributed by atoms with van der Waals surface area (Å²) >= 11 is 0. The highest BCUT2D eigenvalue weighted by molar-refractivity contribution is 6.32. The summed E-state index contributed by atoms with van der Waals surface area (Å²) in [6.07, 6.45) is 1.97. The van der Waals surface area contributed by atoms with Crippen LogP contribution < -0.4 is 9.80 Å². The van der Waals surface area contributed by atoms with Crippen LogP contribution in [-0.4, -0.2) is 8.80 Å². The molecular formula is C70H50N4. The number of hydrogen-bond acceptors (Lipinski definition) is 2. The van der Waals surface area contributed by atoms with Crippen molar-refractivity contribution in [3.05, 3.63) is 254 Å². The molecule has 4 heterocycles. The first-order valence-electron chi connectivity index (χ1n) is 26.1. The Morgan fingerprint density at radius 1 is 0.297 bits per heavy atom. The van der Waals surface area contributed by atoms with Gasteiger partial charge in [0.05, 0.1) is 55.8 Å². The van der Waals surface area contributed by atoms with Gasteiger partial charge in [-0.3, -0.25) is 0 Å². The predicted molar refractivity (Wildman–Crippen MR) is 315 cm³/mol. The van der Waals surface area contributed by atoms with Gasteiger partial charge in [0.25, 0.3) is 0 Å². The van der Waals surface area contributed by atoms with Crippen LogP contribution in [0.15, 0.2) is 243 Å². The zero-order chi connectivity index (χ0) is 49.0. The normalized spacial score (nSPS) is 12.0. The molecule has 15 aromatic rings. The van der Waals surface area contributed by atoms with Crippen LogP contribution >= 0.6 is 0 Å². The average Bonchev–Trinajstić information content (AvgIpc) is 4.22. The first-order chi connectivity index (χ1) is 36.7. The quantitative estimate of drug-likeness (QED) is 0.136. The number of anilines is 6. The van der Waals surface area contributed by atoms with Crippen molar-refractivity contribution in [3.63, 3.8) is 0 Å². The fourth-order valence-electron chi connectivity index (χ4n) is 12.6. The van der Waals surface area contributed by atoms with E-state index in [1.807, 2.05) is 0 Å². The van der Waals surface area contributed by atoms with Gasteiger partial charge in [0.2, 0.25) is 0 Å². The maximum Gasteiger partial charge on any atom is 0.0641 e. The summed E-state index contributed by atoms with van der Waals surface area (Å²) in [5.41, 5.74) is 21.7.